The van der Waals surface area contributed by atoms with Crippen molar-refractivity contribution in [2.24, 2.45) is 10.4 Å². The third-order valence-corrected chi connectivity index (χ3v) is 12.0. The van der Waals surface area contributed by atoms with E-state index < -0.39 is 8.07 Å². The van der Waals surface area contributed by atoms with Crippen LogP contribution < -0.4 is 0 Å². The number of rotatable bonds is 7. The summed E-state index contributed by atoms with van der Waals surface area (Å²) >= 11 is 0. The second-order valence-electron chi connectivity index (χ2n) is 7.22. The molecule has 0 N–H and O–H groups in total. The lowest BCUT2D eigenvalue weighted by Crippen LogP contribution is -2.43. The van der Waals surface area contributed by atoms with Gasteiger partial charge in [-0.2, -0.15) is 0 Å². The molecule has 0 saturated carbocycles. The van der Waals surface area contributed by atoms with Gasteiger partial charge in [0.1, 0.15) is 0 Å². The molecule has 0 heterocycles. The second-order valence-corrected chi connectivity index (χ2v) is 12.8. The minimum absolute atomic E-state index is 0.372. The summed E-state index contributed by atoms with van der Waals surface area (Å²) < 4.78 is 0. The number of para-hydroxylation sites is 1. The SMILES string of the molecule is CC[Si](CC)(CC)C(CC=Nc1ccccc1)C(C)(C)C. The highest BCUT2D eigenvalue weighted by Crippen LogP contribution is 2.46. The van der Waals surface area contributed by atoms with E-state index in [1.54, 1.807) is 0 Å². The van der Waals surface area contributed by atoms with Crippen molar-refractivity contribution in [3.63, 3.8) is 0 Å². The molecule has 0 fully saturated rings. The molecule has 1 unspecified atom stereocenters. The first-order valence-corrected chi connectivity index (χ1v) is 11.2. The average Bonchev–Trinajstić information content (AvgIpc) is 2.47. The van der Waals surface area contributed by atoms with Gasteiger partial charge in [-0.1, -0.05) is 77.9 Å². The molecule has 0 amide bonds. The van der Waals surface area contributed by atoms with Crippen molar-refractivity contribution in [1.82, 2.24) is 0 Å². The molecule has 0 aliphatic rings. The fourth-order valence-corrected chi connectivity index (χ4v) is 9.21. The third kappa shape index (κ3) is 4.81. The first-order chi connectivity index (χ1) is 9.89. The quantitative estimate of drug-likeness (QED) is 0.392. The van der Waals surface area contributed by atoms with E-state index in [1.165, 1.54) is 18.1 Å². The maximum atomic E-state index is 4.67. The maximum Gasteiger partial charge on any atom is 0.0625 e. The molecule has 2 heteroatoms. The predicted molar refractivity (Wildman–Crippen MR) is 99.6 cm³/mol. The van der Waals surface area contributed by atoms with Gasteiger partial charge in [-0.25, -0.2) is 0 Å². The van der Waals surface area contributed by atoms with E-state index in [9.17, 15) is 0 Å². The van der Waals surface area contributed by atoms with E-state index in [1.807, 2.05) is 6.07 Å². The number of aliphatic imine (C=N–C) groups is 1. The molecule has 0 saturated heterocycles. The van der Waals surface area contributed by atoms with E-state index in [0.29, 0.717) is 5.41 Å². The fraction of sp³-hybridized carbons (Fsp3) is 0.632. The van der Waals surface area contributed by atoms with Gasteiger partial charge in [-0.3, -0.25) is 4.99 Å². The summed E-state index contributed by atoms with van der Waals surface area (Å²) in [6, 6.07) is 14.5. The highest BCUT2D eigenvalue weighted by Gasteiger charge is 2.41. The Hall–Kier alpha value is -0.893. The molecule has 21 heavy (non-hydrogen) atoms. The van der Waals surface area contributed by atoms with E-state index in [2.05, 4.69) is 77.0 Å². The number of hydrogen-bond acceptors (Lipinski definition) is 1. The Balaban J connectivity index is 2.92. The predicted octanol–water partition coefficient (Wildman–Crippen LogP) is 6.70. The Kier molecular flexibility index (Phi) is 6.86. The number of benzene rings is 1. The van der Waals surface area contributed by atoms with Gasteiger partial charge in [0.25, 0.3) is 0 Å². The van der Waals surface area contributed by atoms with Gasteiger partial charge in [-0.15, -0.1) is 0 Å². The minimum atomic E-state index is -1.21. The number of nitrogens with zero attached hydrogens (tertiary/aromatic N) is 1. The van der Waals surface area contributed by atoms with Crippen LogP contribution in [-0.4, -0.2) is 14.3 Å². The van der Waals surface area contributed by atoms with Gasteiger partial charge >= 0.3 is 0 Å². The van der Waals surface area contributed by atoms with Crippen LogP contribution in [0.3, 0.4) is 0 Å². The fourth-order valence-electron chi connectivity index (χ4n) is 3.79. The highest BCUT2D eigenvalue weighted by molar-refractivity contribution is 6.81. The average molecular weight is 304 g/mol. The van der Waals surface area contributed by atoms with Gasteiger partial charge in [0.15, 0.2) is 0 Å². The summed E-state index contributed by atoms with van der Waals surface area (Å²) in [5, 5.41) is 0. The van der Waals surface area contributed by atoms with Crippen LogP contribution in [0, 0.1) is 5.41 Å². The third-order valence-electron chi connectivity index (χ3n) is 5.23. The lowest BCUT2D eigenvalue weighted by Gasteiger charge is -2.44. The Labute approximate surface area is 132 Å². The van der Waals surface area contributed by atoms with Crippen molar-refractivity contribution in [2.75, 3.05) is 0 Å². The monoisotopic (exact) mass is 303 g/mol. The molecule has 0 aliphatic carbocycles. The van der Waals surface area contributed by atoms with Crippen molar-refractivity contribution in [1.29, 1.82) is 0 Å². The summed E-state index contributed by atoms with van der Waals surface area (Å²) in [6.45, 7) is 14.5. The van der Waals surface area contributed by atoms with Crippen LogP contribution in [0.25, 0.3) is 0 Å². The van der Waals surface area contributed by atoms with Crippen LogP contribution in [0.2, 0.25) is 23.7 Å². The summed E-state index contributed by atoms with van der Waals surface area (Å²) in [7, 11) is -1.21. The summed E-state index contributed by atoms with van der Waals surface area (Å²) in [5.41, 5.74) is 2.25. The molecule has 0 aromatic heterocycles. The largest absolute Gasteiger partial charge is 0.261 e. The topological polar surface area (TPSA) is 12.4 Å². The molecule has 0 bridgehead atoms. The Morgan fingerprint density at radius 1 is 1.00 bits per heavy atom. The molecule has 1 nitrogen and oxygen atoms in total. The maximum absolute atomic E-state index is 4.67. The van der Waals surface area contributed by atoms with Crippen molar-refractivity contribution in [2.45, 2.75) is 71.6 Å². The molecule has 118 valence electrons. The van der Waals surface area contributed by atoms with Gasteiger partial charge in [-0.05, 0) is 29.5 Å². The van der Waals surface area contributed by atoms with Gasteiger partial charge < -0.3 is 0 Å². The molecule has 1 rings (SSSR count). The zero-order chi connectivity index (χ0) is 15.9. The molecule has 1 aromatic carbocycles. The van der Waals surface area contributed by atoms with Gasteiger partial charge in [0.05, 0.1) is 13.8 Å². The van der Waals surface area contributed by atoms with Crippen molar-refractivity contribution in [3.05, 3.63) is 30.3 Å². The van der Waals surface area contributed by atoms with Gasteiger partial charge in [0.2, 0.25) is 0 Å². The summed E-state index contributed by atoms with van der Waals surface area (Å²) in [5.74, 6) is 0. The van der Waals surface area contributed by atoms with Crippen LogP contribution in [0.15, 0.2) is 35.3 Å². The van der Waals surface area contributed by atoms with Crippen LogP contribution in [0.5, 0.6) is 0 Å². The Bertz CT molecular complexity index is 418. The number of hydrogen-bond donors (Lipinski definition) is 0. The van der Waals surface area contributed by atoms with E-state index in [4.69, 9.17) is 0 Å². The van der Waals surface area contributed by atoms with Crippen molar-refractivity contribution < 1.29 is 0 Å². The Morgan fingerprint density at radius 2 is 1.52 bits per heavy atom. The molecule has 1 atom stereocenters. The smallest absolute Gasteiger partial charge is 0.0625 e. The molecule has 0 aliphatic heterocycles. The highest BCUT2D eigenvalue weighted by atomic mass is 28.3. The van der Waals surface area contributed by atoms with E-state index in [-0.39, 0.29) is 0 Å². The molecule has 0 radical (unpaired) electrons. The lowest BCUT2D eigenvalue weighted by atomic mass is 9.90. The van der Waals surface area contributed by atoms with Crippen LogP contribution >= 0.6 is 0 Å². The summed E-state index contributed by atoms with van der Waals surface area (Å²) in [4.78, 5) is 4.67. The van der Waals surface area contributed by atoms with Gasteiger partial charge in [0, 0.05) is 6.21 Å². The van der Waals surface area contributed by atoms with E-state index >= 15 is 0 Å². The molecule has 1 aromatic rings. The minimum Gasteiger partial charge on any atom is -0.261 e. The van der Waals surface area contributed by atoms with Crippen LogP contribution in [0.1, 0.15) is 48.0 Å². The zero-order valence-electron chi connectivity index (χ0n) is 14.8. The zero-order valence-corrected chi connectivity index (χ0v) is 15.8. The van der Waals surface area contributed by atoms with Crippen LogP contribution in [0.4, 0.5) is 5.69 Å². The van der Waals surface area contributed by atoms with E-state index in [0.717, 1.165) is 17.6 Å². The van der Waals surface area contributed by atoms with Crippen molar-refractivity contribution >= 4 is 20.0 Å². The Morgan fingerprint density at radius 3 is 1.95 bits per heavy atom. The standard InChI is InChI=1S/C19H33NSi/c1-7-21(8-2,9-3)18(19(4,5)6)15-16-20-17-13-11-10-12-14-17/h10-14,16,18H,7-9,15H2,1-6H3. The lowest BCUT2D eigenvalue weighted by molar-refractivity contribution is 0.373. The molecular weight excluding hydrogens is 270 g/mol. The second kappa shape index (κ2) is 7.93. The van der Waals surface area contributed by atoms with Crippen molar-refractivity contribution in [3.8, 4) is 0 Å². The molecular formula is C19H33NSi. The van der Waals surface area contributed by atoms with Crippen LogP contribution in [-0.2, 0) is 0 Å². The normalized spacial score (nSPS) is 14.6. The first-order valence-electron chi connectivity index (χ1n) is 8.47. The summed E-state index contributed by atoms with van der Waals surface area (Å²) in [6.07, 6.45) is 3.30. The molecule has 0 spiro atoms. The first kappa shape index (κ1) is 18.2.